The predicted octanol–water partition coefficient (Wildman–Crippen LogP) is 2.09. The summed E-state index contributed by atoms with van der Waals surface area (Å²) in [5.74, 6) is 4.97. The third-order valence-corrected chi connectivity index (χ3v) is 6.83. The van der Waals surface area contributed by atoms with E-state index >= 15 is 0 Å². The molecule has 12 heteroatoms. The number of carbonyl (C=O) groups is 2. The number of nitrogens with two attached hydrogens (primary N) is 2. The van der Waals surface area contributed by atoms with Gasteiger partial charge in [-0.05, 0) is 37.0 Å². The quantitative estimate of drug-likeness (QED) is 0.344. The largest absolute Gasteiger partial charge is 0.482 e. The molecule has 162 valence electrons. The number of primary amides is 1. The normalized spacial score (nSPS) is 12.5. The lowest BCUT2D eigenvalue weighted by Gasteiger charge is -2.07. The number of anilines is 1. The smallest absolute Gasteiger partial charge is 0.251 e. The molecular weight excluding hydrogens is 443 g/mol. The number of benzene rings is 1. The fourth-order valence-electron chi connectivity index (χ4n) is 3.25. The Morgan fingerprint density at radius 1 is 1.29 bits per heavy atom. The monoisotopic (exact) mass is 462 g/mol. The molecule has 3 aromatic rings. The number of aromatic nitrogens is 3. The molecular formula is C19H19FN6O3S2. The molecule has 0 saturated heterocycles. The van der Waals surface area contributed by atoms with Crippen LogP contribution in [0.3, 0.4) is 0 Å². The van der Waals surface area contributed by atoms with E-state index in [-0.39, 0.29) is 29.8 Å². The highest BCUT2D eigenvalue weighted by Crippen LogP contribution is 2.38. The first-order valence-electron chi connectivity index (χ1n) is 9.37. The molecule has 1 aliphatic rings. The minimum Gasteiger partial charge on any atom is -0.482 e. The van der Waals surface area contributed by atoms with Gasteiger partial charge in [0.05, 0.1) is 11.3 Å². The molecule has 1 aliphatic carbocycles. The lowest BCUT2D eigenvalue weighted by Crippen LogP contribution is -2.20. The molecule has 0 aliphatic heterocycles. The van der Waals surface area contributed by atoms with Crippen molar-refractivity contribution in [1.29, 1.82) is 0 Å². The summed E-state index contributed by atoms with van der Waals surface area (Å²) in [6.07, 6.45) is 2.67. The molecule has 2 amide bonds. The van der Waals surface area contributed by atoms with Crippen LogP contribution in [0.1, 0.15) is 33.0 Å². The molecule has 0 spiro atoms. The SMILES string of the molecule is NC(=O)c1c(NC(=O)CSc2nnc(COc3ccccc3F)n2N)sc2c1CCC2. The van der Waals surface area contributed by atoms with Crippen molar-refractivity contribution in [3.8, 4) is 5.75 Å². The van der Waals surface area contributed by atoms with Gasteiger partial charge in [0, 0.05) is 4.88 Å². The molecule has 0 atom stereocenters. The van der Waals surface area contributed by atoms with Gasteiger partial charge in [0.1, 0.15) is 11.6 Å². The van der Waals surface area contributed by atoms with Gasteiger partial charge in [-0.2, -0.15) is 0 Å². The Kier molecular flexibility index (Phi) is 6.09. The number of aryl methyl sites for hydroxylation is 1. The molecule has 31 heavy (non-hydrogen) atoms. The molecule has 1 aromatic carbocycles. The molecule has 0 saturated carbocycles. The number of para-hydroxylation sites is 1. The Labute approximate surface area is 184 Å². The average molecular weight is 463 g/mol. The van der Waals surface area contributed by atoms with Crippen molar-refractivity contribution in [3.05, 3.63) is 51.9 Å². The number of carbonyl (C=O) groups excluding carboxylic acids is 2. The Balaban J connectivity index is 1.35. The number of ether oxygens (including phenoxy) is 1. The van der Waals surface area contributed by atoms with E-state index in [4.69, 9.17) is 16.3 Å². The summed E-state index contributed by atoms with van der Waals surface area (Å²) in [6, 6.07) is 5.99. The van der Waals surface area contributed by atoms with Crippen molar-refractivity contribution in [2.45, 2.75) is 31.0 Å². The molecule has 2 heterocycles. The van der Waals surface area contributed by atoms with E-state index in [0.29, 0.717) is 15.7 Å². The molecule has 4 rings (SSSR count). The highest BCUT2D eigenvalue weighted by Gasteiger charge is 2.26. The van der Waals surface area contributed by atoms with Crippen LogP contribution in [0.4, 0.5) is 9.39 Å². The summed E-state index contributed by atoms with van der Waals surface area (Å²) in [7, 11) is 0. The minimum absolute atomic E-state index is 0.00424. The van der Waals surface area contributed by atoms with Gasteiger partial charge in [-0.3, -0.25) is 9.59 Å². The van der Waals surface area contributed by atoms with E-state index in [1.807, 2.05) is 0 Å². The fraction of sp³-hybridized carbons (Fsp3) is 0.263. The number of thiophene rings is 1. The zero-order chi connectivity index (χ0) is 22.0. The number of hydrogen-bond donors (Lipinski definition) is 3. The van der Waals surface area contributed by atoms with Gasteiger partial charge >= 0.3 is 0 Å². The van der Waals surface area contributed by atoms with Crippen LogP contribution in [0.5, 0.6) is 5.75 Å². The summed E-state index contributed by atoms with van der Waals surface area (Å²) in [6.45, 7) is -0.0834. The van der Waals surface area contributed by atoms with Crippen LogP contribution in [0.15, 0.2) is 29.4 Å². The van der Waals surface area contributed by atoms with Crippen LogP contribution in [0.2, 0.25) is 0 Å². The highest BCUT2D eigenvalue weighted by atomic mass is 32.2. The van der Waals surface area contributed by atoms with Crippen molar-refractivity contribution in [1.82, 2.24) is 14.9 Å². The van der Waals surface area contributed by atoms with Gasteiger partial charge in [-0.1, -0.05) is 23.9 Å². The van der Waals surface area contributed by atoms with Crippen molar-refractivity contribution < 1.29 is 18.7 Å². The topological polar surface area (TPSA) is 138 Å². The zero-order valence-corrected chi connectivity index (χ0v) is 17.9. The lowest BCUT2D eigenvalue weighted by molar-refractivity contribution is -0.113. The molecule has 9 nitrogen and oxygen atoms in total. The van der Waals surface area contributed by atoms with Gasteiger partial charge in [0.25, 0.3) is 5.91 Å². The average Bonchev–Trinajstić information content (AvgIpc) is 3.40. The van der Waals surface area contributed by atoms with E-state index in [9.17, 15) is 14.0 Å². The Hall–Kier alpha value is -3.12. The molecule has 0 fully saturated rings. The number of thioether (sulfide) groups is 1. The van der Waals surface area contributed by atoms with Crippen LogP contribution in [0, 0.1) is 5.82 Å². The molecule has 5 N–H and O–H groups in total. The molecule has 0 bridgehead atoms. The Morgan fingerprint density at radius 3 is 2.87 bits per heavy atom. The number of amides is 2. The first-order chi connectivity index (χ1) is 14.9. The number of fused-ring (bicyclic) bond motifs is 1. The van der Waals surface area contributed by atoms with Gasteiger partial charge in [0.15, 0.2) is 17.4 Å². The van der Waals surface area contributed by atoms with Crippen molar-refractivity contribution in [3.63, 3.8) is 0 Å². The number of rotatable bonds is 8. The van der Waals surface area contributed by atoms with Crippen LogP contribution < -0.4 is 21.6 Å². The number of nitrogen functional groups attached to an aromatic ring is 1. The summed E-state index contributed by atoms with van der Waals surface area (Å²) in [4.78, 5) is 25.3. The van der Waals surface area contributed by atoms with E-state index in [0.717, 1.165) is 41.5 Å². The summed E-state index contributed by atoms with van der Waals surface area (Å²) in [5, 5.41) is 11.4. The second kappa shape index (κ2) is 8.94. The second-order valence-corrected chi connectivity index (χ2v) is 8.80. The maximum Gasteiger partial charge on any atom is 0.251 e. The summed E-state index contributed by atoms with van der Waals surface area (Å²) in [5.41, 5.74) is 6.87. The number of nitrogens with one attached hydrogen (secondary N) is 1. The zero-order valence-electron chi connectivity index (χ0n) is 16.3. The molecule has 0 radical (unpaired) electrons. The van der Waals surface area contributed by atoms with Gasteiger partial charge < -0.3 is 21.6 Å². The van der Waals surface area contributed by atoms with Crippen molar-refractivity contribution in [2.24, 2.45) is 5.73 Å². The molecule has 0 unspecified atom stereocenters. The van der Waals surface area contributed by atoms with Crippen LogP contribution in [-0.4, -0.2) is 32.4 Å². The maximum atomic E-state index is 13.6. The number of nitrogens with zero attached hydrogens (tertiary/aromatic N) is 3. The molecule has 2 aromatic heterocycles. The van der Waals surface area contributed by atoms with Crippen molar-refractivity contribution >= 4 is 39.9 Å². The van der Waals surface area contributed by atoms with E-state index < -0.39 is 11.7 Å². The van der Waals surface area contributed by atoms with Crippen molar-refractivity contribution in [2.75, 3.05) is 16.9 Å². The van der Waals surface area contributed by atoms with E-state index in [2.05, 4.69) is 15.5 Å². The standard InChI is InChI=1S/C19H19FN6O3S2/c20-11-5-1-2-6-12(11)29-8-14-24-25-19(26(14)22)30-9-15(27)23-18-16(17(21)28)10-4-3-7-13(10)31-18/h1-2,5-6H,3-4,7-9,22H2,(H2,21,28)(H,23,27). The summed E-state index contributed by atoms with van der Waals surface area (Å²) >= 11 is 2.47. The Bertz CT molecular complexity index is 1150. The third-order valence-electron chi connectivity index (χ3n) is 4.68. The predicted molar refractivity (Wildman–Crippen MR) is 115 cm³/mol. The van der Waals surface area contributed by atoms with Gasteiger partial charge in [-0.25, -0.2) is 9.07 Å². The second-order valence-electron chi connectivity index (χ2n) is 6.75. The number of hydrogen-bond acceptors (Lipinski definition) is 8. The minimum atomic E-state index is -0.538. The van der Waals surface area contributed by atoms with Gasteiger partial charge in [0.2, 0.25) is 11.1 Å². The van der Waals surface area contributed by atoms with Crippen LogP contribution in [0.25, 0.3) is 0 Å². The number of halogens is 1. The lowest BCUT2D eigenvalue weighted by atomic mass is 10.1. The van der Waals surface area contributed by atoms with Crippen LogP contribution >= 0.6 is 23.1 Å². The van der Waals surface area contributed by atoms with E-state index in [1.165, 1.54) is 28.1 Å². The van der Waals surface area contributed by atoms with E-state index in [1.54, 1.807) is 12.1 Å². The first-order valence-corrected chi connectivity index (χ1v) is 11.2. The Morgan fingerprint density at radius 2 is 2.10 bits per heavy atom. The van der Waals surface area contributed by atoms with Gasteiger partial charge in [-0.15, -0.1) is 21.5 Å². The maximum absolute atomic E-state index is 13.6. The van der Waals surface area contributed by atoms with Crippen LogP contribution in [-0.2, 0) is 24.2 Å². The third kappa shape index (κ3) is 4.49. The highest BCUT2D eigenvalue weighted by molar-refractivity contribution is 7.99. The fourth-order valence-corrected chi connectivity index (χ4v) is 5.24. The first kappa shape index (κ1) is 21.1. The summed E-state index contributed by atoms with van der Waals surface area (Å²) < 4.78 is 20.2.